The van der Waals surface area contributed by atoms with Gasteiger partial charge in [0.25, 0.3) is 0 Å². The smallest absolute Gasteiger partial charge is 0.409 e. The van der Waals surface area contributed by atoms with Gasteiger partial charge in [0, 0.05) is 37.3 Å². The summed E-state index contributed by atoms with van der Waals surface area (Å²) in [6, 6.07) is -0.102. The van der Waals surface area contributed by atoms with Crippen molar-refractivity contribution in [3.05, 3.63) is 23.3 Å². The number of nitrogens with zero attached hydrogens (tertiary/aromatic N) is 3. The van der Waals surface area contributed by atoms with E-state index >= 15 is 0 Å². The summed E-state index contributed by atoms with van der Waals surface area (Å²) in [5, 5.41) is -0.118. The lowest BCUT2D eigenvalue weighted by Crippen LogP contribution is -2.56. The molecule has 0 bridgehead atoms. The van der Waals surface area contributed by atoms with Gasteiger partial charge in [-0.05, 0) is 64.1 Å². The van der Waals surface area contributed by atoms with Crippen molar-refractivity contribution >= 4 is 27.7 Å². The van der Waals surface area contributed by atoms with Crippen LogP contribution in [0, 0.1) is 0 Å². The Hall–Kier alpha value is -1.13. The summed E-state index contributed by atoms with van der Waals surface area (Å²) in [4.78, 5) is 17.3. The van der Waals surface area contributed by atoms with Gasteiger partial charge in [-0.15, -0.1) is 0 Å². The third-order valence-electron chi connectivity index (χ3n) is 7.87. The lowest BCUT2D eigenvalue weighted by atomic mass is 9.99. The molecule has 3 heterocycles. The van der Waals surface area contributed by atoms with Gasteiger partial charge in [-0.25, -0.2) is 13.2 Å². The minimum atomic E-state index is -3.67. The standard InChI is InChI=1S/C25H40ClN3O5S/c1-33-18-22-6-5-7-23(29(22)35(31,32)24-10-8-20(26)9-11-24)19-34-25(30)28-16-12-21(13-17-28)27-14-3-2-4-15-27/h8-10,21-24H,2-7,11-19H2,1H3/t22-,23+,24?/m0/s1. The summed E-state index contributed by atoms with van der Waals surface area (Å²) in [7, 11) is -2.08. The average Bonchev–Trinajstić information content (AvgIpc) is 2.88. The summed E-state index contributed by atoms with van der Waals surface area (Å²) in [6.45, 7) is 4.11. The van der Waals surface area contributed by atoms with Crippen molar-refractivity contribution < 1.29 is 22.7 Å². The van der Waals surface area contributed by atoms with Gasteiger partial charge < -0.3 is 19.3 Å². The number of hydrogen-bond acceptors (Lipinski definition) is 6. The van der Waals surface area contributed by atoms with Crippen molar-refractivity contribution in [2.24, 2.45) is 0 Å². The zero-order valence-corrected chi connectivity index (χ0v) is 22.4. The van der Waals surface area contributed by atoms with Crippen molar-refractivity contribution in [2.75, 3.05) is 46.5 Å². The Morgan fingerprint density at radius 1 is 1.00 bits per heavy atom. The predicted octanol–water partition coefficient (Wildman–Crippen LogP) is 3.72. The lowest BCUT2D eigenvalue weighted by molar-refractivity contribution is 0.0323. The van der Waals surface area contributed by atoms with Crippen LogP contribution in [-0.2, 0) is 19.5 Å². The van der Waals surface area contributed by atoms with E-state index in [0.717, 1.165) is 25.7 Å². The molecular weight excluding hydrogens is 490 g/mol. The fraction of sp³-hybridized carbons (Fsp3) is 0.800. The number of methoxy groups -OCH3 is 1. The van der Waals surface area contributed by atoms with Crippen LogP contribution in [0.4, 0.5) is 4.79 Å². The summed E-state index contributed by atoms with van der Waals surface area (Å²) >= 11 is 6.02. The molecule has 3 saturated heterocycles. The fourth-order valence-electron chi connectivity index (χ4n) is 5.97. The number of sulfonamides is 1. The Morgan fingerprint density at radius 3 is 2.31 bits per heavy atom. The first-order chi connectivity index (χ1) is 16.9. The first kappa shape index (κ1) is 26.9. The van der Waals surface area contributed by atoms with E-state index in [1.807, 2.05) is 0 Å². The molecule has 1 unspecified atom stereocenters. The molecule has 0 aromatic carbocycles. The quantitative estimate of drug-likeness (QED) is 0.500. The van der Waals surface area contributed by atoms with E-state index in [2.05, 4.69) is 4.90 Å². The highest BCUT2D eigenvalue weighted by Gasteiger charge is 2.43. The number of allylic oxidation sites excluding steroid dienone is 3. The third kappa shape index (κ3) is 6.60. The number of carbonyl (C=O) groups excluding carboxylic acids is 1. The number of rotatable bonds is 7. The number of ether oxygens (including phenoxy) is 2. The molecule has 3 aliphatic heterocycles. The van der Waals surface area contributed by atoms with Crippen LogP contribution in [0.3, 0.4) is 0 Å². The van der Waals surface area contributed by atoms with Crippen molar-refractivity contribution in [3.8, 4) is 0 Å². The van der Waals surface area contributed by atoms with Crippen LogP contribution in [-0.4, -0.2) is 98.5 Å². The normalized spacial score (nSPS) is 29.7. The van der Waals surface area contributed by atoms with Crippen LogP contribution >= 0.6 is 11.6 Å². The van der Waals surface area contributed by atoms with Crippen molar-refractivity contribution in [1.29, 1.82) is 0 Å². The lowest BCUT2D eigenvalue weighted by Gasteiger charge is -2.42. The van der Waals surface area contributed by atoms with Gasteiger partial charge in [0.05, 0.1) is 17.9 Å². The number of likely N-dealkylation sites (tertiary alicyclic amines) is 2. The molecule has 4 aliphatic rings. The molecule has 0 saturated carbocycles. The number of halogens is 1. The Bertz CT molecular complexity index is 880. The van der Waals surface area contributed by atoms with E-state index in [-0.39, 0.29) is 18.7 Å². The monoisotopic (exact) mass is 529 g/mol. The van der Waals surface area contributed by atoms with Gasteiger partial charge >= 0.3 is 6.09 Å². The number of carbonyl (C=O) groups is 1. The van der Waals surface area contributed by atoms with Gasteiger partial charge in [-0.2, -0.15) is 4.31 Å². The Morgan fingerprint density at radius 2 is 1.69 bits per heavy atom. The number of amides is 1. The summed E-state index contributed by atoms with van der Waals surface area (Å²) in [5.41, 5.74) is 0. The van der Waals surface area contributed by atoms with Crippen molar-refractivity contribution in [1.82, 2.24) is 14.1 Å². The summed E-state index contributed by atoms with van der Waals surface area (Å²) < 4.78 is 40.0. The maximum atomic E-state index is 13.7. The largest absolute Gasteiger partial charge is 0.448 e. The summed E-state index contributed by atoms with van der Waals surface area (Å²) in [5.74, 6) is 0. The van der Waals surface area contributed by atoms with Crippen LogP contribution in [0.25, 0.3) is 0 Å². The van der Waals surface area contributed by atoms with Crippen LogP contribution in [0.2, 0.25) is 0 Å². The molecule has 4 rings (SSSR count). The molecule has 0 aromatic rings. The molecule has 35 heavy (non-hydrogen) atoms. The van der Waals surface area contributed by atoms with Crippen LogP contribution in [0.15, 0.2) is 23.3 Å². The second kappa shape index (κ2) is 12.4. The van der Waals surface area contributed by atoms with E-state index in [1.165, 1.54) is 32.4 Å². The number of hydrogen-bond donors (Lipinski definition) is 0. The SMILES string of the molecule is COC[C@@H]1CCC[C@H](COC(=O)N2CCC(N3CCCCC3)CC2)N1S(=O)(=O)C1C=CC(Cl)=CC1. The van der Waals surface area contributed by atoms with Crippen LogP contribution < -0.4 is 0 Å². The Balaban J connectivity index is 1.36. The first-order valence-electron chi connectivity index (χ1n) is 13.1. The average molecular weight is 530 g/mol. The number of piperidine rings is 3. The molecule has 1 aliphatic carbocycles. The highest BCUT2D eigenvalue weighted by molar-refractivity contribution is 7.90. The van der Waals surface area contributed by atoms with Crippen molar-refractivity contribution in [3.63, 3.8) is 0 Å². The zero-order valence-electron chi connectivity index (χ0n) is 20.8. The molecule has 1 amide bonds. The molecule has 10 heteroatoms. The van der Waals surface area contributed by atoms with Gasteiger partial charge in [0.2, 0.25) is 10.0 Å². The van der Waals surface area contributed by atoms with E-state index in [4.69, 9.17) is 21.1 Å². The second-order valence-corrected chi connectivity index (χ2v) is 12.7. The Labute approximate surface area is 215 Å². The molecule has 0 radical (unpaired) electrons. The maximum Gasteiger partial charge on any atom is 0.409 e. The molecule has 0 N–H and O–H groups in total. The molecule has 0 aromatic heterocycles. The van der Waals surface area contributed by atoms with E-state index in [0.29, 0.717) is 43.6 Å². The first-order valence-corrected chi connectivity index (χ1v) is 15.0. The van der Waals surface area contributed by atoms with Gasteiger partial charge in [-0.1, -0.05) is 36.6 Å². The minimum Gasteiger partial charge on any atom is -0.448 e. The molecule has 0 spiro atoms. The molecule has 3 fully saturated rings. The predicted molar refractivity (Wildman–Crippen MR) is 137 cm³/mol. The topological polar surface area (TPSA) is 79.4 Å². The second-order valence-electron chi connectivity index (χ2n) is 10.2. The van der Waals surface area contributed by atoms with Gasteiger partial charge in [0.15, 0.2) is 0 Å². The highest BCUT2D eigenvalue weighted by atomic mass is 35.5. The van der Waals surface area contributed by atoms with Crippen molar-refractivity contribution in [2.45, 2.75) is 81.2 Å². The third-order valence-corrected chi connectivity index (χ3v) is 10.5. The molecule has 8 nitrogen and oxygen atoms in total. The molecular formula is C25H40ClN3O5S. The van der Waals surface area contributed by atoms with Gasteiger partial charge in [-0.3, -0.25) is 0 Å². The minimum absolute atomic E-state index is 0.0668. The van der Waals surface area contributed by atoms with Crippen LogP contribution in [0.1, 0.15) is 57.8 Å². The van der Waals surface area contributed by atoms with E-state index in [1.54, 1.807) is 34.5 Å². The highest BCUT2D eigenvalue weighted by Crippen LogP contribution is 2.32. The zero-order chi connectivity index (χ0) is 24.8. The van der Waals surface area contributed by atoms with Gasteiger partial charge in [0.1, 0.15) is 6.61 Å². The maximum absolute atomic E-state index is 13.7. The fourth-order valence-corrected chi connectivity index (χ4v) is 8.23. The van der Waals surface area contributed by atoms with E-state index in [9.17, 15) is 13.2 Å². The van der Waals surface area contributed by atoms with Crippen LogP contribution in [0.5, 0.6) is 0 Å². The molecule has 198 valence electrons. The van der Waals surface area contributed by atoms with E-state index < -0.39 is 21.3 Å². The Kier molecular flexibility index (Phi) is 9.54. The molecule has 3 atom stereocenters. The summed E-state index contributed by atoms with van der Waals surface area (Å²) in [6.07, 6.45) is 13.1.